The molecule has 0 unspecified atom stereocenters. The van der Waals surface area contributed by atoms with Gasteiger partial charge in [-0.05, 0) is 35.9 Å². The third-order valence-corrected chi connectivity index (χ3v) is 5.22. The Hall–Kier alpha value is -3.25. The summed E-state index contributed by atoms with van der Waals surface area (Å²) < 4.78 is 1.11. The molecule has 0 aliphatic carbocycles. The molecule has 3 N–H and O–H groups in total. The standard InChI is InChI=1S/C20H16N4OS/c1-22-19(25)13-8-6-12(7-9-13)14-10-15(18(21)23-11-14)20-24-16-4-2-3-5-17(16)26-20/h2-11H,1H3,(H2,21,23)(H,22,25). The van der Waals surface area contributed by atoms with Crippen molar-refractivity contribution in [3.8, 4) is 21.7 Å². The zero-order chi connectivity index (χ0) is 18.1. The number of hydrogen-bond donors (Lipinski definition) is 2. The Bertz CT molecular complexity index is 1070. The Morgan fingerprint density at radius 2 is 1.85 bits per heavy atom. The fraction of sp³-hybridized carbons (Fsp3) is 0.0500. The number of carbonyl (C=O) groups excluding carboxylic acids is 1. The van der Waals surface area contributed by atoms with Crippen LogP contribution < -0.4 is 11.1 Å². The fourth-order valence-corrected chi connectivity index (χ4v) is 3.74. The highest BCUT2D eigenvalue weighted by atomic mass is 32.1. The van der Waals surface area contributed by atoms with E-state index in [1.807, 2.05) is 42.5 Å². The van der Waals surface area contributed by atoms with E-state index in [4.69, 9.17) is 5.73 Å². The number of nitrogens with zero attached hydrogens (tertiary/aromatic N) is 2. The van der Waals surface area contributed by atoms with Crippen molar-refractivity contribution in [1.29, 1.82) is 0 Å². The Labute approximate surface area is 154 Å². The molecule has 128 valence electrons. The van der Waals surface area contributed by atoms with Crippen molar-refractivity contribution in [3.63, 3.8) is 0 Å². The highest BCUT2D eigenvalue weighted by Gasteiger charge is 2.12. The van der Waals surface area contributed by atoms with E-state index >= 15 is 0 Å². The van der Waals surface area contributed by atoms with Gasteiger partial charge in [-0.2, -0.15) is 0 Å². The monoisotopic (exact) mass is 360 g/mol. The SMILES string of the molecule is CNC(=O)c1ccc(-c2cnc(N)c(-c3nc4ccccc4s3)c2)cc1. The van der Waals surface area contributed by atoms with E-state index < -0.39 is 0 Å². The van der Waals surface area contributed by atoms with E-state index in [0.29, 0.717) is 11.4 Å². The molecule has 0 saturated heterocycles. The number of para-hydroxylation sites is 1. The van der Waals surface area contributed by atoms with Crippen LogP contribution in [0.3, 0.4) is 0 Å². The molecule has 0 fully saturated rings. The van der Waals surface area contributed by atoms with Crippen LogP contribution in [0.5, 0.6) is 0 Å². The number of pyridine rings is 1. The number of fused-ring (bicyclic) bond motifs is 1. The minimum absolute atomic E-state index is 0.109. The number of benzene rings is 2. The molecule has 6 heteroatoms. The number of nitrogens with two attached hydrogens (primary N) is 1. The van der Waals surface area contributed by atoms with Crippen LogP contribution in [0.15, 0.2) is 60.8 Å². The molecule has 0 aliphatic rings. The lowest BCUT2D eigenvalue weighted by Gasteiger charge is -2.07. The zero-order valence-corrected chi connectivity index (χ0v) is 14.9. The number of nitrogen functional groups attached to an aromatic ring is 1. The van der Waals surface area contributed by atoms with Crippen LogP contribution in [0.1, 0.15) is 10.4 Å². The predicted molar refractivity (Wildman–Crippen MR) is 106 cm³/mol. The number of amides is 1. The molecule has 4 rings (SSSR count). The summed E-state index contributed by atoms with van der Waals surface area (Å²) in [6, 6.07) is 17.4. The summed E-state index contributed by atoms with van der Waals surface area (Å²) in [4.78, 5) is 20.7. The largest absolute Gasteiger partial charge is 0.383 e. The highest BCUT2D eigenvalue weighted by Crippen LogP contribution is 2.34. The number of rotatable bonds is 3. The average Bonchev–Trinajstić information content (AvgIpc) is 3.12. The molecule has 5 nitrogen and oxygen atoms in total. The van der Waals surface area contributed by atoms with Gasteiger partial charge in [0.15, 0.2) is 0 Å². The molecular formula is C20H16N4OS. The molecule has 26 heavy (non-hydrogen) atoms. The molecule has 0 spiro atoms. The van der Waals surface area contributed by atoms with Crippen molar-refractivity contribution in [2.75, 3.05) is 12.8 Å². The van der Waals surface area contributed by atoms with Crippen LogP contribution in [0.25, 0.3) is 31.9 Å². The van der Waals surface area contributed by atoms with Crippen LogP contribution in [0.2, 0.25) is 0 Å². The van der Waals surface area contributed by atoms with Gasteiger partial charge in [0, 0.05) is 24.4 Å². The van der Waals surface area contributed by atoms with Gasteiger partial charge in [0.05, 0.1) is 15.8 Å². The molecule has 2 aromatic heterocycles. The van der Waals surface area contributed by atoms with Crippen LogP contribution in [0, 0.1) is 0 Å². The van der Waals surface area contributed by atoms with E-state index in [1.54, 1.807) is 36.7 Å². The van der Waals surface area contributed by atoms with Crippen LogP contribution >= 0.6 is 11.3 Å². The predicted octanol–water partition coefficient (Wildman–Crippen LogP) is 3.97. The molecule has 4 aromatic rings. The van der Waals surface area contributed by atoms with E-state index in [1.165, 1.54) is 0 Å². The lowest BCUT2D eigenvalue weighted by atomic mass is 10.0. The summed E-state index contributed by atoms with van der Waals surface area (Å²) in [5.74, 6) is 0.344. The summed E-state index contributed by atoms with van der Waals surface area (Å²) in [5.41, 5.74) is 10.4. The number of anilines is 1. The summed E-state index contributed by atoms with van der Waals surface area (Å²) in [7, 11) is 1.62. The molecule has 0 bridgehead atoms. The minimum atomic E-state index is -0.109. The van der Waals surface area contributed by atoms with E-state index in [2.05, 4.69) is 15.3 Å². The number of thiazole rings is 1. The van der Waals surface area contributed by atoms with Gasteiger partial charge < -0.3 is 11.1 Å². The van der Waals surface area contributed by atoms with E-state index in [-0.39, 0.29) is 5.91 Å². The number of nitrogens with one attached hydrogen (secondary N) is 1. The summed E-state index contributed by atoms with van der Waals surface area (Å²) in [6.45, 7) is 0. The van der Waals surface area contributed by atoms with Gasteiger partial charge in [-0.25, -0.2) is 9.97 Å². The normalized spacial score (nSPS) is 10.8. The quantitative estimate of drug-likeness (QED) is 0.579. The Kier molecular flexibility index (Phi) is 4.10. The Morgan fingerprint density at radius 3 is 2.58 bits per heavy atom. The first-order valence-corrected chi connectivity index (χ1v) is 8.91. The highest BCUT2D eigenvalue weighted by molar-refractivity contribution is 7.21. The summed E-state index contributed by atoms with van der Waals surface area (Å²) in [6.07, 6.45) is 1.74. The maximum atomic E-state index is 11.7. The maximum Gasteiger partial charge on any atom is 0.251 e. The van der Waals surface area contributed by atoms with Gasteiger partial charge in [-0.15, -0.1) is 11.3 Å². The molecule has 2 heterocycles. The smallest absolute Gasteiger partial charge is 0.251 e. The van der Waals surface area contributed by atoms with Crippen molar-refractivity contribution >= 4 is 33.3 Å². The molecule has 0 saturated carbocycles. The first kappa shape index (κ1) is 16.2. The van der Waals surface area contributed by atoms with Gasteiger partial charge in [0.25, 0.3) is 5.91 Å². The van der Waals surface area contributed by atoms with E-state index in [0.717, 1.165) is 31.9 Å². The Balaban J connectivity index is 1.75. The first-order chi connectivity index (χ1) is 12.7. The van der Waals surface area contributed by atoms with Crippen molar-refractivity contribution < 1.29 is 4.79 Å². The van der Waals surface area contributed by atoms with Crippen molar-refractivity contribution in [2.24, 2.45) is 0 Å². The van der Waals surface area contributed by atoms with Gasteiger partial charge in [-0.3, -0.25) is 4.79 Å². The van der Waals surface area contributed by atoms with E-state index in [9.17, 15) is 4.79 Å². The third-order valence-electron chi connectivity index (χ3n) is 4.15. The fourth-order valence-electron chi connectivity index (χ4n) is 2.75. The lowest BCUT2D eigenvalue weighted by Crippen LogP contribution is -2.17. The molecule has 0 atom stereocenters. The number of aromatic nitrogens is 2. The minimum Gasteiger partial charge on any atom is -0.383 e. The molecular weight excluding hydrogens is 344 g/mol. The molecule has 2 aromatic carbocycles. The van der Waals surface area contributed by atoms with Crippen LogP contribution in [-0.2, 0) is 0 Å². The maximum absolute atomic E-state index is 11.7. The second kappa shape index (κ2) is 6.57. The average molecular weight is 360 g/mol. The van der Waals surface area contributed by atoms with Crippen LogP contribution in [0.4, 0.5) is 5.82 Å². The van der Waals surface area contributed by atoms with Crippen molar-refractivity contribution in [2.45, 2.75) is 0 Å². The van der Waals surface area contributed by atoms with Gasteiger partial charge in [0.2, 0.25) is 0 Å². The second-order valence-electron chi connectivity index (χ2n) is 5.80. The first-order valence-electron chi connectivity index (χ1n) is 8.09. The van der Waals surface area contributed by atoms with Gasteiger partial charge in [0.1, 0.15) is 10.8 Å². The summed E-state index contributed by atoms with van der Waals surface area (Å²) >= 11 is 1.59. The van der Waals surface area contributed by atoms with Gasteiger partial charge in [-0.1, -0.05) is 24.3 Å². The third kappa shape index (κ3) is 2.91. The number of carbonyl (C=O) groups is 1. The lowest BCUT2D eigenvalue weighted by molar-refractivity contribution is 0.0963. The molecule has 0 radical (unpaired) electrons. The molecule has 1 amide bonds. The topological polar surface area (TPSA) is 80.9 Å². The molecule has 0 aliphatic heterocycles. The van der Waals surface area contributed by atoms with Crippen LogP contribution in [-0.4, -0.2) is 22.9 Å². The zero-order valence-electron chi connectivity index (χ0n) is 14.1. The summed E-state index contributed by atoms with van der Waals surface area (Å²) in [5, 5.41) is 3.46. The van der Waals surface area contributed by atoms with Crippen molar-refractivity contribution in [1.82, 2.24) is 15.3 Å². The van der Waals surface area contributed by atoms with Crippen molar-refractivity contribution in [3.05, 3.63) is 66.4 Å². The van der Waals surface area contributed by atoms with Gasteiger partial charge >= 0.3 is 0 Å². The number of hydrogen-bond acceptors (Lipinski definition) is 5. The Morgan fingerprint density at radius 1 is 1.08 bits per heavy atom. The second-order valence-corrected chi connectivity index (χ2v) is 6.83.